The fraction of sp³-hybridized carbons (Fsp3) is 0.222. The minimum absolute atomic E-state index is 0.0543. The maximum absolute atomic E-state index is 10.4. The van der Waals surface area contributed by atoms with E-state index in [4.69, 9.17) is 24.7 Å². The van der Waals surface area contributed by atoms with Gasteiger partial charge in [-0.3, -0.25) is 0 Å². The summed E-state index contributed by atoms with van der Waals surface area (Å²) in [6, 6.07) is 8.54. The molecule has 0 heterocycles. The van der Waals surface area contributed by atoms with Crippen LogP contribution >= 0.6 is 0 Å². The molecule has 0 saturated heterocycles. The second kappa shape index (κ2) is 7.50. The smallest absolute Gasteiger partial charge is 0.203 e. The molecule has 0 unspecified atom stereocenters. The van der Waals surface area contributed by atoms with Gasteiger partial charge in [0.1, 0.15) is 11.5 Å². The highest BCUT2D eigenvalue weighted by molar-refractivity contribution is 5.79. The van der Waals surface area contributed by atoms with Crippen molar-refractivity contribution in [3.05, 3.63) is 41.5 Å². The van der Waals surface area contributed by atoms with Crippen LogP contribution in [-0.4, -0.2) is 33.5 Å². The lowest BCUT2D eigenvalue weighted by molar-refractivity contribution is 0.324. The van der Waals surface area contributed by atoms with Gasteiger partial charge in [-0.2, -0.15) is 0 Å². The zero-order valence-corrected chi connectivity index (χ0v) is 14.1. The number of benzene rings is 2. The van der Waals surface area contributed by atoms with Gasteiger partial charge in [-0.1, -0.05) is 0 Å². The standard InChI is InChI=1S/C18H21NO5/c1-21-15-6-5-12(10-13(15)19)14(20)7-11-8-16(22-2)18(24-4)17(9-11)23-3/h5-10,20H,19H2,1-4H3/b14-7-. The van der Waals surface area contributed by atoms with Gasteiger partial charge in [0, 0.05) is 5.56 Å². The van der Waals surface area contributed by atoms with E-state index in [9.17, 15) is 5.11 Å². The van der Waals surface area contributed by atoms with Crippen LogP contribution in [0.4, 0.5) is 5.69 Å². The molecule has 0 amide bonds. The molecule has 0 aromatic heterocycles. The van der Waals surface area contributed by atoms with Crippen LogP contribution in [0.1, 0.15) is 11.1 Å². The van der Waals surface area contributed by atoms with Gasteiger partial charge >= 0.3 is 0 Å². The summed E-state index contributed by atoms with van der Waals surface area (Å²) in [4.78, 5) is 0. The highest BCUT2D eigenvalue weighted by atomic mass is 16.5. The van der Waals surface area contributed by atoms with E-state index in [-0.39, 0.29) is 5.76 Å². The summed E-state index contributed by atoms with van der Waals surface area (Å²) in [5.41, 5.74) is 7.58. The molecule has 2 rings (SSSR count). The minimum atomic E-state index is 0.0543. The molecule has 6 heteroatoms. The molecular weight excluding hydrogens is 310 g/mol. The average molecular weight is 331 g/mol. The lowest BCUT2D eigenvalue weighted by atomic mass is 10.1. The molecule has 2 aromatic rings. The van der Waals surface area contributed by atoms with Gasteiger partial charge in [0.05, 0.1) is 34.1 Å². The van der Waals surface area contributed by atoms with Gasteiger partial charge in [-0.15, -0.1) is 0 Å². The van der Waals surface area contributed by atoms with Gasteiger partial charge in [-0.25, -0.2) is 0 Å². The number of aliphatic hydroxyl groups excluding tert-OH is 1. The van der Waals surface area contributed by atoms with Crippen molar-refractivity contribution >= 4 is 17.5 Å². The third kappa shape index (κ3) is 3.48. The third-order valence-corrected chi connectivity index (χ3v) is 3.52. The zero-order chi connectivity index (χ0) is 17.7. The predicted octanol–water partition coefficient (Wildman–Crippen LogP) is 3.36. The number of hydrogen-bond donors (Lipinski definition) is 2. The summed E-state index contributed by atoms with van der Waals surface area (Å²) in [5.74, 6) is 2.11. The van der Waals surface area contributed by atoms with Crippen molar-refractivity contribution in [1.82, 2.24) is 0 Å². The molecular formula is C18H21NO5. The molecule has 3 N–H and O–H groups in total. The Morgan fingerprint density at radius 1 is 0.875 bits per heavy atom. The van der Waals surface area contributed by atoms with Crippen molar-refractivity contribution in [2.75, 3.05) is 34.2 Å². The third-order valence-electron chi connectivity index (χ3n) is 3.52. The predicted molar refractivity (Wildman–Crippen MR) is 94.0 cm³/mol. The first-order valence-electron chi connectivity index (χ1n) is 7.18. The fourth-order valence-electron chi connectivity index (χ4n) is 2.32. The average Bonchev–Trinajstić information content (AvgIpc) is 2.60. The van der Waals surface area contributed by atoms with Crippen molar-refractivity contribution in [3.8, 4) is 23.0 Å². The molecule has 24 heavy (non-hydrogen) atoms. The van der Waals surface area contributed by atoms with Crippen molar-refractivity contribution in [1.29, 1.82) is 0 Å². The number of aliphatic hydroxyl groups is 1. The Hall–Kier alpha value is -3.02. The van der Waals surface area contributed by atoms with Crippen LogP contribution in [0, 0.1) is 0 Å². The number of anilines is 1. The van der Waals surface area contributed by atoms with Crippen LogP contribution in [0.3, 0.4) is 0 Å². The largest absolute Gasteiger partial charge is 0.507 e. The summed E-state index contributed by atoms with van der Waals surface area (Å²) in [6.07, 6.45) is 1.59. The second-order valence-corrected chi connectivity index (χ2v) is 4.94. The molecule has 0 spiro atoms. The Bertz CT molecular complexity index is 730. The van der Waals surface area contributed by atoms with Crippen molar-refractivity contribution < 1.29 is 24.1 Å². The Morgan fingerprint density at radius 3 is 1.92 bits per heavy atom. The molecule has 128 valence electrons. The number of nitrogen functional groups attached to an aromatic ring is 1. The van der Waals surface area contributed by atoms with Crippen LogP contribution in [-0.2, 0) is 0 Å². The number of ether oxygens (including phenoxy) is 4. The molecule has 0 atom stereocenters. The van der Waals surface area contributed by atoms with Gasteiger partial charge in [-0.05, 0) is 42.0 Å². The number of hydrogen-bond acceptors (Lipinski definition) is 6. The first-order valence-corrected chi connectivity index (χ1v) is 7.18. The summed E-state index contributed by atoms with van der Waals surface area (Å²) in [6.45, 7) is 0. The molecule has 0 fully saturated rings. The van der Waals surface area contributed by atoms with E-state index in [0.717, 1.165) is 0 Å². The summed E-state index contributed by atoms with van der Waals surface area (Å²) >= 11 is 0. The van der Waals surface area contributed by atoms with E-state index in [1.54, 1.807) is 36.4 Å². The zero-order valence-electron chi connectivity index (χ0n) is 14.1. The summed E-state index contributed by atoms with van der Waals surface area (Å²) < 4.78 is 21.0. The highest BCUT2D eigenvalue weighted by Crippen LogP contribution is 2.39. The SMILES string of the molecule is COc1ccc(/C(O)=C/c2cc(OC)c(OC)c(OC)c2)cc1N. The van der Waals surface area contributed by atoms with Gasteiger partial charge < -0.3 is 29.8 Å². The molecule has 0 saturated carbocycles. The van der Waals surface area contributed by atoms with Crippen molar-refractivity contribution in [3.63, 3.8) is 0 Å². The van der Waals surface area contributed by atoms with Gasteiger partial charge in [0.2, 0.25) is 5.75 Å². The molecule has 0 aliphatic carbocycles. The first kappa shape index (κ1) is 17.3. The van der Waals surface area contributed by atoms with Gasteiger partial charge in [0.25, 0.3) is 0 Å². The van der Waals surface area contributed by atoms with Crippen LogP contribution in [0.15, 0.2) is 30.3 Å². The van der Waals surface area contributed by atoms with Crippen LogP contribution < -0.4 is 24.7 Å². The summed E-state index contributed by atoms with van der Waals surface area (Å²) in [7, 11) is 6.15. The Labute approximate surface area is 141 Å². The van der Waals surface area contributed by atoms with Crippen LogP contribution in [0.5, 0.6) is 23.0 Å². The van der Waals surface area contributed by atoms with E-state index in [1.165, 1.54) is 28.4 Å². The van der Waals surface area contributed by atoms with E-state index in [2.05, 4.69) is 0 Å². The van der Waals surface area contributed by atoms with Crippen LogP contribution in [0.2, 0.25) is 0 Å². The number of methoxy groups -OCH3 is 4. The van der Waals surface area contributed by atoms with E-state index >= 15 is 0 Å². The first-order chi connectivity index (χ1) is 11.5. The van der Waals surface area contributed by atoms with Crippen molar-refractivity contribution in [2.45, 2.75) is 0 Å². The van der Waals surface area contributed by atoms with Crippen LogP contribution in [0.25, 0.3) is 11.8 Å². The highest BCUT2D eigenvalue weighted by Gasteiger charge is 2.13. The fourth-order valence-corrected chi connectivity index (χ4v) is 2.32. The molecule has 0 aliphatic rings. The summed E-state index contributed by atoms with van der Waals surface area (Å²) in [5, 5.41) is 10.4. The quantitative estimate of drug-likeness (QED) is 0.480. The lowest BCUT2D eigenvalue weighted by Crippen LogP contribution is -1.96. The second-order valence-electron chi connectivity index (χ2n) is 4.94. The van der Waals surface area contributed by atoms with Crippen molar-refractivity contribution in [2.24, 2.45) is 0 Å². The molecule has 0 radical (unpaired) electrons. The maximum atomic E-state index is 10.4. The number of nitrogens with two attached hydrogens (primary N) is 1. The maximum Gasteiger partial charge on any atom is 0.203 e. The molecule has 6 nitrogen and oxygen atoms in total. The Morgan fingerprint density at radius 2 is 1.46 bits per heavy atom. The molecule has 2 aromatic carbocycles. The van der Waals surface area contributed by atoms with Gasteiger partial charge in [0.15, 0.2) is 11.5 Å². The van der Waals surface area contributed by atoms with E-state index in [0.29, 0.717) is 39.8 Å². The molecule has 0 bridgehead atoms. The topological polar surface area (TPSA) is 83.2 Å². The molecule has 0 aliphatic heterocycles. The Balaban J connectivity index is 2.44. The normalized spacial score (nSPS) is 11.1. The lowest BCUT2D eigenvalue weighted by Gasteiger charge is -2.13. The number of rotatable bonds is 6. The Kier molecular flexibility index (Phi) is 5.42. The monoisotopic (exact) mass is 331 g/mol. The minimum Gasteiger partial charge on any atom is -0.507 e. The van der Waals surface area contributed by atoms with E-state index < -0.39 is 0 Å². The van der Waals surface area contributed by atoms with E-state index in [1.807, 2.05) is 0 Å².